The van der Waals surface area contributed by atoms with Crippen LogP contribution in [0.4, 0.5) is 13.2 Å². The Labute approximate surface area is 174 Å². The van der Waals surface area contributed by atoms with Crippen LogP contribution < -0.4 is 4.74 Å². The Balaban J connectivity index is 1.75. The van der Waals surface area contributed by atoms with Crippen LogP contribution in [-0.4, -0.2) is 34.3 Å². The Morgan fingerprint density at radius 2 is 1.80 bits per heavy atom. The molecule has 4 rings (SSSR count). The summed E-state index contributed by atoms with van der Waals surface area (Å²) in [5.41, 5.74) is -1.94. The number of halogens is 3. The van der Waals surface area contributed by atoms with Crippen molar-refractivity contribution in [2.45, 2.75) is 95.5 Å². The van der Waals surface area contributed by atoms with E-state index in [4.69, 9.17) is 4.74 Å². The van der Waals surface area contributed by atoms with Gasteiger partial charge in [-0.05, 0) is 58.1 Å². The number of alkyl halides is 3. The summed E-state index contributed by atoms with van der Waals surface area (Å²) in [5.74, 6) is -0.622. The SMILES string of the molecule is CC(C)N(C(=O)c1cc2c(cc1C(F)(F)F)OC1(CCC1)C(=O)C2)C1CCCCC1. The van der Waals surface area contributed by atoms with Gasteiger partial charge in [0, 0.05) is 24.1 Å². The number of hydrogen-bond donors (Lipinski definition) is 0. The Bertz CT molecular complexity index is 852. The van der Waals surface area contributed by atoms with Crippen LogP contribution >= 0.6 is 0 Å². The van der Waals surface area contributed by atoms with Crippen molar-refractivity contribution in [2.75, 3.05) is 0 Å². The molecule has 1 aliphatic heterocycles. The van der Waals surface area contributed by atoms with Gasteiger partial charge in [-0.2, -0.15) is 13.2 Å². The van der Waals surface area contributed by atoms with Crippen molar-refractivity contribution >= 4 is 11.7 Å². The van der Waals surface area contributed by atoms with Crippen molar-refractivity contribution < 1.29 is 27.5 Å². The second kappa shape index (κ2) is 7.57. The molecule has 0 N–H and O–H groups in total. The number of rotatable bonds is 3. The zero-order valence-electron chi connectivity index (χ0n) is 17.5. The molecule has 0 atom stereocenters. The van der Waals surface area contributed by atoms with E-state index in [-0.39, 0.29) is 35.6 Å². The Hall–Kier alpha value is -2.05. The van der Waals surface area contributed by atoms with Crippen molar-refractivity contribution in [3.63, 3.8) is 0 Å². The summed E-state index contributed by atoms with van der Waals surface area (Å²) in [7, 11) is 0. The zero-order valence-corrected chi connectivity index (χ0v) is 17.5. The molecule has 0 bridgehead atoms. The molecular formula is C23H28F3NO3. The minimum atomic E-state index is -4.69. The summed E-state index contributed by atoms with van der Waals surface area (Å²) >= 11 is 0. The lowest BCUT2D eigenvalue weighted by Crippen LogP contribution is -2.53. The fraction of sp³-hybridized carbons (Fsp3) is 0.652. The minimum absolute atomic E-state index is 0.0128. The third-order valence-corrected chi connectivity index (χ3v) is 6.82. The normalized spacial score (nSPS) is 21.2. The van der Waals surface area contributed by atoms with Gasteiger partial charge in [0.15, 0.2) is 11.4 Å². The second-order valence-corrected chi connectivity index (χ2v) is 9.15. The second-order valence-electron chi connectivity index (χ2n) is 9.15. The maximum Gasteiger partial charge on any atom is 0.417 e. The molecule has 164 valence electrons. The van der Waals surface area contributed by atoms with Crippen LogP contribution in [-0.2, 0) is 17.4 Å². The molecule has 0 unspecified atom stereocenters. The molecule has 0 aromatic heterocycles. The predicted molar refractivity (Wildman–Crippen MR) is 106 cm³/mol. The molecule has 7 heteroatoms. The van der Waals surface area contributed by atoms with Crippen LogP contribution in [0.15, 0.2) is 12.1 Å². The third-order valence-electron chi connectivity index (χ3n) is 6.82. The van der Waals surface area contributed by atoms with E-state index in [0.29, 0.717) is 18.4 Å². The van der Waals surface area contributed by atoms with Gasteiger partial charge in [0.1, 0.15) is 5.75 Å². The lowest BCUT2D eigenvalue weighted by Gasteiger charge is -2.44. The van der Waals surface area contributed by atoms with E-state index in [0.717, 1.165) is 44.6 Å². The van der Waals surface area contributed by atoms with Gasteiger partial charge < -0.3 is 9.64 Å². The summed E-state index contributed by atoms with van der Waals surface area (Å²) < 4.78 is 47.7. The average Bonchev–Trinajstić information content (AvgIpc) is 2.65. The number of nitrogens with zero attached hydrogens (tertiary/aromatic N) is 1. The van der Waals surface area contributed by atoms with Gasteiger partial charge in [-0.3, -0.25) is 9.59 Å². The molecule has 2 aliphatic carbocycles. The van der Waals surface area contributed by atoms with Crippen LogP contribution in [0.1, 0.15) is 86.7 Å². The zero-order chi connectivity index (χ0) is 21.7. The van der Waals surface area contributed by atoms with Crippen molar-refractivity contribution in [1.29, 1.82) is 0 Å². The van der Waals surface area contributed by atoms with Crippen LogP contribution in [0.3, 0.4) is 0 Å². The smallest absolute Gasteiger partial charge is 0.417 e. The van der Waals surface area contributed by atoms with Crippen LogP contribution in [0, 0.1) is 0 Å². The van der Waals surface area contributed by atoms with Crippen LogP contribution in [0.2, 0.25) is 0 Å². The van der Waals surface area contributed by atoms with Crippen molar-refractivity contribution in [1.82, 2.24) is 4.90 Å². The van der Waals surface area contributed by atoms with E-state index in [1.54, 1.807) is 4.90 Å². The average molecular weight is 423 g/mol. The number of Topliss-reactive ketones (excluding diaryl/α,β-unsaturated/α-hetero) is 1. The van der Waals surface area contributed by atoms with E-state index in [9.17, 15) is 22.8 Å². The highest BCUT2D eigenvalue weighted by Gasteiger charge is 2.50. The van der Waals surface area contributed by atoms with E-state index in [2.05, 4.69) is 0 Å². The molecule has 2 fully saturated rings. The first-order valence-electron chi connectivity index (χ1n) is 10.9. The van der Waals surface area contributed by atoms with E-state index >= 15 is 0 Å². The predicted octanol–water partition coefficient (Wildman–Crippen LogP) is 5.32. The number of benzene rings is 1. The molecule has 1 spiro atoms. The summed E-state index contributed by atoms with van der Waals surface area (Å²) in [6.45, 7) is 3.68. The highest BCUT2D eigenvalue weighted by molar-refractivity contribution is 5.98. The first-order valence-corrected chi connectivity index (χ1v) is 10.9. The fourth-order valence-electron chi connectivity index (χ4n) is 5.07. The third kappa shape index (κ3) is 3.60. The highest BCUT2D eigenvalue weighted by Crippen LogP contribution is 2.46. The number of fused-ring (bicyclic) bond motifs is 1. The molecule has 0 radical (unpaired) electrons. The van der Waals surface area contributed by atoms with Gasteiger partial charge in [-0.1, -0.05) is 19.3 Å². The number of amides is 1. The first kappa shape index (κ1) is 21.2. The van der Waals surface area contributed by atoms with Gasteiger partial charge in [0.2, 0.25) is 0 Å². The minimum Gasteiger partial charge on any atom is -0.479 e. The Morgan fingerprint density at radius 1 is 1.13 bits per heavy atom. The van der Waals surface area contributed by atoms with Gasteiger partial charge in [-0.25, -0.2) is 0 Å². The molecule has 0 saturated heterocycles. The van der Waals surface area contributed by atoms with Crippen molar-refractivity contribution in [3.05, 3.63) is 28.8 Å². The fourth-order valence-corrected chi connectivity index (χ4v) is 5.07. The van der Waals surface area contributed by atoms with E-state index in [1.165, 1.54) is 6.07 Å². The van der Waals surface area contributed by atoms with E-state index in [1.807, 2.05) is 13.8 Å². The molecular weight excluding hydrogens is 395 g/mol. The van der Waals surface area contributed by atoms with Crippen LogP contribution in [0.5, 0.6) is 5.75 Å². The van der Waals surface area contributed by atoms with Crippen molar-refractivity contribution in [3.8, 4) is 5.75 Å². The van der Waals surface area contributed by atoms with Crippen LogP contribution in [0.25, 0.3) is 0 Å². The summed E-state index contributed by atoms with van der Waals surface area (Å²) in [6.07, 6.45) is 1.88. The maximum absolute atomic E-state index is 14.0. The van der Waals surface area contributed by atoms with Gasteiger partial charge in [0.05, 0.1) is 11.1 Å². The maximum atomic E-state index is 14.0. The molecule has 1 amide bonds. The topological polar surface area (TPSA) is 46.6 Å². The lowest BCUT2D eigenvalue weighted by molar-refractivity contribution is -0.144. The Morgan fingerprint density at radius 3 is 2.33 bits per heavy atom. The molecule has 4 nitrogen and oxygen atoms in total. The summed E-state index contributed by atoms with van der Waals surface area (Å²) in [4.78, 5) is 27.6. The number of carbonyl (C=O) groups is 2. The molecule has 1 aromatic carbocycles. The summed E-state index contributed by atoms with van der Waals surface area (Å²) in [5, 5.41) is 0. The molecule has 2 saturated carbocycles. The molecule has 1 aromatic rings. The Kier molecular flexibility index (Phi) is 5.35. The molecule has 30 heavy (non-hydrogen) atoms. The number of hydrogen-bond acceptors (Lipinski definition) is 3. The largest absolute Gasteiger partial charge is 0.479 e. The molecule has 1 heterocycles. The quantitative estimate of drug-likeness (QED) is 0.662. The summed E-state index contributed by atoms with van der Waals surface area (Å²) in [6, 6.07) is 1.92. The number of carbonyl (C=O) groups excluding carboxylic acids is 2. The number of ether oxygens (including phenoxy) is 1. The highest BCUT2D eigenvalue weighted by atomic mass is 19.4. The monoisotopic (exact) mass is 423 g/mol. The number of ketones is 1. The van der Waals surface area contributed by atoms with Gasteiger partial charge in [-0.15, -0.1) is 0 Å². The van der Waals surface area contributed by atoms with Gasteiger partial charge in [0.25, 0.3) is 5.91 Å². The first-order chi connectivity index (χ1) is 14.1. The molecule has 3 aliphatic rings. The van der Waals surface area contributed by atoms with Gasteiger partial charge >= 0.3 is 6.18 Å². The van der Waals surface area contributed by atoms with Crippen molar-refractivity contribution in [2.24, 2.45) is 0 Å². The lowest BCUT2D eigenvalue weighted by atomic mass is 9.73. The van der Waals surface area contributed by atoms with E-state index < -0.39 is 23.2 Å². The standard InChI is InChI=1S/C23H28F3NO3/c1-14(2)27(16-7-4-3-5-8-16)21(29)17-11-15-12-20(28)22(9-6-10-22)30-19(15)13-18(17)23(24,25)26/h11,13-14,16H,3-10,12H2,1-2H3.